The van der Waals surface area contributed by atoms with Crippen LogP contribution in [0.15, 0.2) is 30.3 Å². The SMILES string of the molecule is CC(C)CN(CC(=O)Nc1cc(C(C)(C)C)nn1-c1ccccc1Cl)C(=O)C(C)Cl. The maximum absolute atomic E-state index is 12.8. The molecule has 0 fully saturated rings. The summed E-state index contributed by atoms with van der Waals surface area (Å²) in [5.41, 5.74) is 1.25. The Labute approximate surface area is 188 Å². The van der Waals surface area contributed by atoms with Gasteiger partial charge in [-0.25, -0.2) is 4.68 Å². The number of para-hydroxylation sites is 1. The van der Waals surface area contributed by atoms with E-state index in [1.807, 2.05) is 58.9 Å². The zero-order valence-corrected chi connectivity index (χ0v) is 19.9. The number of anilines is 1. The van der Waals surface area contributed by atoms with Gasteiger partial charge in [0.2, 0.25) is 11.8 Å². The molecule has 1 N–H and O–H groups in total. The fraction of sp³-hybridized carbons (Fsp3) is 0.500. The molecule has 1 aromatic carbocycles. The van der Waals surface area contributed by atoms with Gasteiger partial charge in [-0.1, -0.05) is 58.4 Å². The topological polar surface area (TPSA) is 67.2 Å². The molecule has 8 heteroatoms. The summed E-state index contributed by atoms with van der Waals surface area (Å²) >= 11 is 12.3. The van der Waals surface area contributed by atoms with Crippen molar-refractivity contribution in [2.75, 3.05) is 18.4 Å². The van der Waals surface area contributed by atoms with Crippen LogP contribution in [-0.2, 0) is 15.0 Å². The van der Waals surface area contributed by atoms with E-state index in [4.69, 9.17) is 23.2 Å². The zero-order chi connectivity index (χ0) is 22.6. The van der Waals surface area contributed by atoms with Crippen molar-refractivity contribution in [1.29, 1.82) is 0 Å². The van der Waals surface area contributed by atoms with Gasteiger partial charge in [0, 0.05) is 18.0 Å². The minimum atomic E-state index is -0.697. The first-order valence-corrected chi connectivity index (χ1v) is 10.8. The van der Waals surface area contributed by atoms with Crippen molar-refractivity contribution >= 4 is 40.8 Å². The molecule has 0 bridgehead atoms. The summed E-state index contributed by atoms with van der Waals surface area (Å²) in [4.78, 5) is 26.7. The van der Waals surface area contributed by atoms with Crippen molar-refractivity contribution in [2.45, 2.75) is 52.3 Å². The average Bonchev–Trinajstić information content (AvgIpc) is 3.04. The number of aromatic nitrogens is 2. The summed E-state index contributed by atoms with van der Waals surface area (Å²) in [6.45, 7) is 12.1. The zero-order valence-electron chi connectivity index (χ0n) is 18.4. The van der Waals surface area contributed by atoms with Crippen LogP contribution in [0.25, 0.3) is 5.69 Å². The minimum absolute atomic E-state index is 0.0906. The number of halogens is 2. The molecule has 0 aliphatic rings. The van der Waals surface area contributed by atoms with Crippen LogP contribution < -0.4 is 5.32 Å². The summed E-state index contributed by atoms with van der Waals surface area (Å²) < 4.78 is 1.62. The van der Waals surface area contributed by atoms with Crippen LogP contribution >= 0.6 is 23.2 Å². The molecule has 2 rings (SSSR count). The van der Waals surface area contributed by atoms with E-state index in [0.29, 0.717) is 23.1 Å². The molecule has 2 aromatic rings. The first-order chi connectivity index (χ1) is 13.9. The van der Waals surface area contributed by atoms with Crippen molar-refractivity contribution in [1.82, 2.24) is 14.7 Å². The average molecular weight is 453 g/mol. The van der Waals surface area contributed by atoms with Crippen LogP contribution in [0.3, 0.4) is 0 Å². The van der Waals surface area contributed by atoms with Crippen molar-refractivity contribution < 1.29 is 9.59 Å². The number of benzene rings is 1. The summed E-state index contributed by atoms with van der Waals surface area (Å²) in [5, 5.41) is 7.39. The first kappa shape index (κ1) is 24.2. The monoisotopic (exact) mass is 452 g/mol. The number of hydrogen-bond donors (Lipinski definition) is 1. The second kappa shape index (κ2) is 9.84. The molecule has 1 unspecified atom stereocenters. The Bertz CT molecular complexity index is 901. The number of rotatable bonds is 7. The molecule has 30 heavy (non-hydrogen) atoms. The molecule has 0 saturated carbocycles. The molecule has 0 radical (unpaired) electrons. The van der Waals surface area contributed by atoms with Gasteiger partial charge in [0.15, 0.2) is 0 Å². The number of carbonyl (C=O) groups is 2. The highest BCUT2D eigenvalue weighted by molar-refractivity contribution is 6.32. The second-order valence-electron chi connectivity index (χ2n) is 8.80. The Morgan fingerprint density at radius 2 is 1.83 bits per heavy atom. The fourth-order valence-electron chi connectivity index (χ4n) is 2.92. The fourth-order valence-corrected chi connectivity index (χ4v) is 3.28. The number of carbonyl (C=O) groups excluding carboxylic acids is 2. The highest BCUT2D eigenvalue weighted by Crippen LogP contribution is 2.29. The van der Waals surface area contributed by atoms with E-state index in [1.54, 1.807) is 17.7 Å². The largest absolute Gasteiger partial charge is 0.332 e. The van der Waals surface area contributed by atoms with Gasteiger partial charge in [0.1, 0.15) is 11.2 Å². The van der Waals surface area contributed by atoms with Crippen molar-refractivity contribution in [3.05, 3.63) is 41.0 Å². The Kier molecular flexibility index (Phi) is 7.94. The Morgan fingerprint density at radius 3 is 2.37 bits per heavy atom. The normalized spacial score (nSPS) is 12.7. The maximum Gasteiger partial charge on any atom is 0.245 e. The summed E-state index contributed by atoms with van der Waals surface area (Å²) in [6.07, 6.45) is 0. The minimum Gasteiger partial charge on any atom is -0.332 e. The molecule has 0 aliphatic carbocycles. The molecule has 1 atom stereocenters. The summed E-state index contributed by atoms with van der Waals surface area (Å²) in [5.74, 6) is 0.109. The van der Waals surface area contributed by atoms with Crippen molar-refractivity contribution in [3.8, 4) is 5.69 Å². The second-order valence-corrected chi connectivity index (χ2v) is 9.87. The summed E-state index contributed by atoms with van der Waals surface area (Å²) in [6, 6.07) is 9.13. The number of alkyl halides is 1. The molecule has 0 saturated heterocycles. The van der Waals surface area contributed by atoms with E-state index in [9.17, 15) is 9.59 Å². The lowest BCUT2D eigenvalue weighted by molar-refractivity contribution is -0.134. The predicted molar refractivity (Wildman–Crippen MR) is 123 cm³/mol. The summed E-state index contributed by atoms with van der Waals surface area (Å²) in [7, 11) is 0. The number of nitrogens with zero attached hydrogens (tertiary/aromatic N) is 3. The van der Waals surface area contributed by atoms with E-state index in [2.05, 4.69) is 10.4 Å². The third-order valence-electron chi connectivity index (χ3n) is 4.40. The molecule has 1 heterocycles. The number of hydrogen-bond acceptors (Lipinski definition) is 3. The Hall–Kier alpha value is -2.05. The Morgan fingerprint density at radius 1 is 1.20 bits per heavy atom. The van der Waals surface area contributed by atoms with Crippen LogP contribution in [0.1, 0.15) is 47.2 Å². The molecule has 6 nitrogen and oxygen atoms in total. The van der Waals surface area contributed by atoms with Gasteiger partial charge in [-0.15, -0.1) is 11.6 Å². The third kappa shape index (κ3) is 6.22. The van der Waals surface area contributed by atoms with E-state index >= 15 is 0 Å². The van der Waals surface area contributed by atoms with Crippen LogP contribution in [0, 0.1) is 5.92 Å². The lowest BCUT2D eigenvalue weighted by atomic mass is 9.92. The first-order valence-electron chi connectivity index (χ1n) is 9.98. The van der Waals surface area contributed by atoms with Gasteiger partial charge < -0.3 is 10.2 Å². The van der Waals surface area contributed by atoms with Crippen LogP contribution in [-0.4, -0.2) is 45.0 Å². The van der Waals surface area contributed by atoms with Gasteiger partial charge in [-0.3, -0.25) is 9.59 Å². The van der Waals surface area contributed by atoms with Gasteiger partial charge in [-0.05, 0) is 25.0 Å². The highest BCUT2D eigenvalue weighted by Gasteiger charge is 2.25. The number of nitrogens with one attached hydrogen (secondary N) is 1. The van der Waals surface area contributed by atoms with Crippen molar-refractivity contribution in [2.24, 2.45) is 5.92 Å². The van der Waals surface area contributed by atoms with Crippen LogP contribution in [0.2, 0.25) is 5.02 Å². The molecule has 1 aromatic heterocycles. The van der Waals surface area contributed by atoms with Gasteiger partial charge in [0.25, 0.3) is 0 Å². The number of amides is 2. The molecule has 0 aliphatic heterocycles. The third-order valence-corrected chi connectivity index (χ3v) is 4.90. The van der Waals surface area contributed by atoms with Crippen molar-refractivity contribution in [3.63, 3.8) is 0 Å². The van der Waals surface area contributed by atoms with Gasteiger partial charge >= 0.3 is 0 Å². The van der Waals surface area contributed by atoms with Gasteiger partial charge in [-0.2, -0.15) is 5.10 Å². The molecule has 164 valence electrons. The quantitative estimate of drug-likeness (QED) is 0.608. The molecular formula is C22H30Cl2N4O2. The molecule has 2 amide bonds. The lowest BCUT2D eigenvalue weighted by Crippen LogP contribution is -2.43. The van der Waals surface area contributed by atoms with E-state index in [0.717, 1.165) is 5.69 Å². The lowest BCUT2D eigenvalue weighted by Gasteiger charge is -2.25. The van der Waals surface area contributed by atoms with Crippen LogP contribution in [0.4, 0.5) is 5.82 Å². The molecular weight excluding hydrogens is 423 g/mol. The van der Waals surface area contributed by atoms with E-state index < -0.39 is 5.38 Å². The smallest absolute Gasteiger partial charge is 0.245 e. The van der Waals surface area contributed by atoms with E-state index in [-0.39, 0.29) is 29.7 Å². The predicted octanol–water partition coefficient (Wildman–Crippen LogP) is 4.87. The van der Waals surface area contributed by atoms with E-state index in [1.165, 1.54) is 4.90 Å². The molecule has 0 spiro atoms. The van der Waals surface area contributed by atoms with Crippen LogP contribution in [0.5, 0.6) is 0 Å². The standard InChI is InChI=1S/C22H30Cl2N4O2/c1-14(2)12-27(21(30)15(3)23)13-20(29)25-19-11-18(22(4,5)6)26-28(19)17-10-8-7-9-16(17)24/h7-11,14-15H,12-13H2,1-6H3,(H,25,29). The maximum atomic E-state index is 12.8. The Balaban J connectivity index is 2.34. The van der Waals surface area contributed by atoms with Gasteiger partial charge in [0.05, 0.1) is 22.9 Å². The highest BCUT2D eigenvalue weighted by atomic mass is 35.5.